The molecule has 2 atom stereocenters. The molecule has 5 heteroatoms. The van der Waals surface area contributed by atoms with Gasteiger partial charge in [0.25, 0.3) is 0 Å². The quantitative estimate of drug-likeness (QED) is 0.408. The van der Waals surface area contributed by atoms with Gasteiger partial charge in [-0.2, -0.15) is 0 Å². The van der Waals surface area contributed by atoms with E-state index in [1.165, 1.54) is 56.3 Å². The first-order chi connectivity index (χ1) is 11.8. The van der Waals surface area contributed by atoms with Crippen molar-refractivity contribution < 1.29 is 0 Å². The molecule has 0 spiro atoms. The number of hydrogen-bond acceptors (Lipinski definition) is 2. The second-order valence-corrected chi connectivity index (χ2v) is 7.65. The molecule has 1 saturated heterocycles. The zero-order valence-corrected chi connectivity index (χ0v) is 17.5. The molecule has 1 heterocycles. The van der Waals surface area contributed by atoms with E-state index in [2.05, 4.69) is 44.8 Å². The number of benzene rings is 1. The third-order valence-corrected chi connectivity index (χ3v) is 5.94. The van der Waals surface area contributed by atoms with Gasteiger partial charge in [0.15, 0.2) is 5.96 Å². The molecule has 0 amide bonds. The van der Waals surface area contributed by atoms with Crippen LogP contribution in [0.3, 0.4) is 0 Å². The molecule has 25 heavy (non-hydrogen) atoms. The van der Waals surface area contributed by atoms with Gasteiger partial charge in [-0.3, -0.25) is 4.99 Å². The van der Waals surface area contributed by atoms with Crippen molar-refractivity contribution in [1.29, 1.82) is 0 Å². The Bertz CT molecular complexity index is 599. The first-order valence-corrected chi connectivity index (χ1v) is 9.60. The van der Waals surface area contributed by atoms with E-state index in [4.69, 9.17) is 0 Å². The zero-order valence-electron chi connectivity index (χ0n) is 15.2. The number of aliphatic imine (C=N–C) groups is 1. The summed E-state index contributed by atoms with van der Waals surface area (Å²) in [6, 6.07) is 9.79. The minimum Gasteiger partial charge on any atom is -0.356 e. The molecule has 0 bridgehead atoms. The molecular weight excluding hydrogens is 423 g/mol. The van der Waals surface area contributed by atoms with Crippen molar-refractivity contribution in [1.82, 2.24) is 15.5 Å². The number of nitrogens with zero attached hydrogens (tertiary/aromatic N) is 2. The lowest BCUT2D eigenvalue weighted by atomic mass is 10.0. The predicted octanol–water partition coefficient (Wildman–Crippen LogP) is 2.98. The summed E-state index contributed by atoms with van der Waals surface area (Å²) in [7, 11) is 1.88. The fraction of sp³-hybridized carbons (Fsp3) is 0.650. The van der Waals surface area contributed by atoms with Gasteiger partial charge in [0.1, 0.15) is 0 Å². The lowest BCUT2D eigenvalue weighted by molar-refractivity contribution is 0.314. The van der Waals surface area contributed by atoms with Crippen molar-refractivity contribution >= 4 is 29.9 Å². The Morgan fingerprint density at radius 2 is 1.92 bits per heavy atom. The molecule has 2 aliphatic carbocycles. The maximum Gasteiger partial charge on any atom is 0.191 e. The highest BCUT2D eigenvalue weighted by atomic mass is 127. The summed E-state index contributed by atoms with van der Waals surface area (Å²) in [6.07, 6.45) is 6.64. The van der Waals surface area contributed by atoms with Gasteiger partial charge in [0.2, 0.25) is 0 Å². The molecule has 4 nitrogen and oxygen atoms in total. The maximum absolute atomic E-state index is 4.41. The second kappa shape index (κ2) is 8.71. The average molecular weight is 454 g/mol. The Balaban J connectivity index is 0.00000182. The van der Waals surface area contributed by atoms with Gasteiger partial charge in [-0.05, 0) is 55.7 Å². The van der Waals surface area contributed by atoms with Crippen molar-refractivity contribution in [2.45, 2.75) is 44.1 Å². The van der Waals surface area contributed by atoms with Crippen LogP contribution in [0.5, 0.6) is 0 Å². The minimum absolute atomic E-state index is 0. The molecule has 138 valence electrons. The number of nitrogens with one attached hydrogen (secondary N) is 2. The monoisotopic (exact) mass is 454 g/mol. The summed E-state index contributed by atoms with van der Waals surface area (Å²) in [5, 5.41) is 7.10. The lowest BCUT2D eigenvalue weighted by Gasteiger charge is -2.19. The zero-order chi connectivity index (χ0) is 16.4. The molecule has 4 rings (SSSR count). The molecule has 0 radical (unpaired) electrons. The van der Waals surface area contributed by atoms with Crippen LogP contribution < -0.4 is 10.6 Å². The average Bonchev–Trinajstić information content (AvgIpc) is 3.22. The Labute approximate surface area is 168 Å². The standard InChI is InChI=1S/C20H30N4.HI/c1-21-20(22-12-15-10-11-24(14-15)18-8-9-18)23-13-17-7-6-16-4-2-3-5-19(16)17;/h2-5,15,17-18H,6-14H2,1H3,(H2,21,22,23);1H. The van der Waals surface area contributed by atoms with Gasteiger partial charge in [0.05, 0.1) is 0 Å². The summed E-state index contributed by atoms with van der Waals surface area (Å²) in [5.41, 5.74) is 3.05. The molecule has 1 aromatic rings. The minimum atomic E-state index is 0. The number of likely N-dealkylation sites (tertiary alicyclic amines) is 1. The molecule has 2 N–H and O–H groups in total. The number of hydrogen-bond donors (Lipinski definition) is 2. The van der Waals surface area contributed by atoms with Gasteiger partial charge in [-0.25, -0.2) is 0 Å². The SMILES string of the molecule is CN=C(NCC1CCN(C2CC2)C1)NCC1CCc2ccccc21.I. The molecule has 1 aliphatic heterocycles. The van der Waals surface area contributed by atoms with Crippen LogP contribution in [0.1, 0.15) is 42.7 Å². The molecular formula is C20H31IN4. The van der Waals surface area contributed by atoms with Crippen LogP contribution in [-0.2, 0) is 6.42 Å². The van der Waals surface area contributed by atoms with E-state index in [0.717, 1.165) is 31.0 Å². The molecule has 2 unspecified atom stereocenters. The Morgan fingerprint density at radius 3 is 2.72 bits per heavy atom. The Morgan fingerprint density at radius 1 is 1.12 bits per heavy atom. The largest absolute Gasteiger partial charge is 0.356 e. The summed E-state index contributed by atoms with van der Waals surface area (Å²) < 4.78 is 0. The van der Waals surface area contributed by atoms with Crippen LogP contribution in [0.2, 0.25) is 0 Å². The third kappa shape index (κ3) is 4.67. The summed E-state index contributed by atoms with van der Waals surface area (Å²) >= 11 is 0. The molecule has 2 fully saturated rings. The first kappa shape index (κ1) is 19.0. The van der Waals surface area contributed by atoms with Crippen molar-refractivity contribution in [2.75, 3.05) is 33.2 Å². The van der Waals surface area contributed by atoms with Crippen molar-refractivity contribution in [2.24, 2.45) is 10.9 Å². The van der Waals surface area contributed by atoms with E-state index in [0.29, 0.717) is 5.92 Å². The van der Waals surface area contributed by atoms with Gasteiger partial charge >= 0.3 is 0 Å². The van der Waals surface area contributed by atoms with E-state index in [1.54, 1.807) is 0 Å². The van der Waals surface area contributed by atoms with Gasteiger partial charge in [-0.1, -0.05) is 24.3 Å². The van der Waals surface area contributed by atoms with Crippen LogP contribution in [0.15, 0.2) is 29.3 Å². The van der Waals surface area contributed by atoms with Gasteiger partial charge < -0.3 is 15.5 Å². The van der Waals surface area contributed by atoms with Crippen LogP contribution in [0, 0.1) is 5.92 Å². The fourth-order valence-corrected chi connectivity index (χ4v) is 4.34. The lowest BCUT2D eigenvalue weighted by Crippen LogP contribution is -2.41. The number of aryl methyl sites for hydroxylation is 1. The fourth-order valence-electron chi connectivity index (χ4n) is 4.34. The highest BCUT2D eigenvalue weighted by molar-refractivity contribution is 14.0. The van der Waals surface area contributed by atoms with E-state index in [1.807, 2.05) is 7.05 Å². The predicted molar refractivity (Wildman–Crippen MR) is 115 cm³/mol. The number of rotatable bonds is 5. The van der Waals surface area contributed by atoms with E-state index < -0.39 is 0 Å². The number of guanidine groups is 1. The summed E-state index contributed by atoms with van der Waals surface area (Å²) in [5.74, 6) is 2.36. The third-order valence-electron chi connectivity index (χ3n) is 5.94. The summed E-state index contributed by atoms with van der Waals surface area (Å²) in [4.78, 5) is 7.09. The van der Waals surface area contributed by atoms with E-state index in [9.17, 15) is 0 Å². The van der Waals surface area contributed by atoms with Gasteiger partial charge in [-0.15, -0.1) is 24.0 Å². The highest BCUT2D eigenvalue weighted by Crippen LogP contribution is 2.32. The smallest absolute Gasteiger partial charge is 0.191 e. The topological polar surface area (TPSA) is 39.7 Å². The Hall–Kier alpha value is -0.820. The van der Waals surface area contributed by atoms with Crippen LogP contribution >= 0.6 is 24.0 Å². The first-order valence-electron chi connectivity index (χ1n) is 9.60. The molecule has 1 aromatic carbocycles. The second-order valence-electron chi connectivity index (χ2n) is 7.65. The number of halogens is 1. The van der Waals surface area contributed by atoms with E-state index in [-0.39, 0.29) is 24.0 Å². The molecule has 0 aromatic heterocycles. The molecule has 3 aliphatic rings. The van der Waals surface area contributed by atoms with Crippen LogP contribution in [-0.4, -0.2) is 50.1 Å². The van der Waals surface area contributed by atoms with Gasteiger partial charge in [0, 0.05) is 38.6 Å². The van der Waals surface area contributed by atoms with Crippen LogP contribution in [0.4, 0.5) is 0 Å². The van der Waals surface area contributed by atoms with E-state index >= 15 is 0 Å². The van der Waals surface area contributed by atoms with Crippen molar-refractivity contribution in [3.05, 3.63) is 35.4 Å². The van der Waals surface area contributed by atoms with Crippen LogP contribution in [0.25, 0.3) is 0 Å². The Kier molecular flexibility index (Phi) is 6.61. The normalized spacial score (nSPS) is 26.2. The summed E-state index contributed by atoms with van der Waals surface area (Å²) in [6.45, 7) is 4.59. The highest BCUT2D eigenvalue weighted by Gasteiger charge is 2.34. The van der Waals surface area contributed by atoms with Crippen molar-refractivity contribution in [3.8, 4) is 0 Å². The molecule has 1 saturated carbocycles. The maximum atomic E-state index is 4.41. The van der Waals surface area contributed by atoms with Crippen molar-refractivity contribution in [3.63, 3.8) is 0 Å². The number of fused-ring (bicyclic) bond motifs is 1.